The highest BCUT2D eigenvalue weighted by Gasteiger charge is 2.17. The van der Waals surface area contributed by atoms with Gasteiger partial charge in [-0.15, -0.1) is 11.3 Å². The summed E-state index contributed by atoms with van der Waals surface area (Å²) in [5, 5.41) is 5.67. The molecule has 0 unspecified atom stereocenters. The Labute approximate surface area is 170 Å². The van der Waals surface area contributed by atoms with Crippen molar-refractivity contribution in [1.82, 2.24) is 10.2 Å². The van der Waals surface area contributed by atoms with Crippen molar-refractivity contribution in [1.29, 1.82) is 0 Å². The lowest BCUT2D eigenvalue weighted by molar-refractivity contribution is 0.249. The van der Waals surface area contributed by atoms with Gasteiger partial charge in [0.15, 0.2) is 0 Å². The van der Waals surface area contributed by atoms with E-state index in [1.54, 1.807) is 23.5 Å². The predicted molar refractivity (Wildman–Crippen MR) is 115 cm³/mol. The molecule has 1 saturated heterocycles. The van der Waals surface area contributed by atoms with E-state index in [-0.39, 0.29) is 17.9 Å². The number of benzene rings is 1. The molecule has 5 nitrogen and oxygen atoms in total. The van der Waals surface area contributed by atoms with Crippen molar-refractivity contribution in [3.63, 3.8) is 0 Å². The summed E-state index contributed by atoms with van der Waals surface area (Å²) in [5.41, 5.74) is 2.17. The van der Waals surface area contributed by atoms with Crippen LogP contribution in [0, 0.1) is 19.7 Å². The van der Waals surface area contributed by atoms with Gasteiger partial charge in [-0.2, -0.15) is 0 Å². The highest BCUT2D eigenvalue weighted by atomic mass is 32.1. The third-order valence-electron chi connectivity index (χ3n) is 5.16. The molecule has 2 aromatic rings. The fourth-order valence-electron chi connectivity index (χ4n) is 3.65. The first-order chi connectivity index (χ1) is 13.3. The highest BCUT2D eigenvalue weighted by molar-refractivity contribution is 7.12. The Hall–Kier alpha value is -2.12. The lowest BCUT2D eigenvalue weighted by Gasteiger charge is -2.23. The summed E-state index contributed by atoms with van der Waals surface area (Å²) in [6.07, 6.45) is 1.01. The van der Waals surface area contributed by atoms with Crippen LogP contribution in [-0.4, -0.2) is 44.2 Å². The maximum Gasteiger partial charge on any atom is 0.319 e. The van der Waals surface area contributed by atoms with Crippen LogP contribution in [0.25, 0.3) is 0 Å². The summed E-state index contributed by atoms with van der Waals surface area (Å²) in [6, 6.07) is 6.57. The number of urea groups is 1. The monoisotopic (exact) mass is 404 g/mol. The summed E-state index contributed by atoms with van der Waals surface area (Å²) >= 11 is 1.72. The molecule has 1 aliphatic heterocycles. The van der Waals surface area contributed by atoms with E-state index in [0.29, 0.717) is 11.4 Å². The Morgan fingerprint density at radius 3 is 2.64 bits per heavy atom. The second-order valence-corrected chi connectivity index (χ2v) is 8.96. The number of carbonyl (C=O) groups excluding carboxylic acids is 1. The number of hydrogen-bond acceptors (Lipinski definition) is 4. The van der Waals surface area contributed by atoms with Crippen LogP contribution in [0.4, 0.5) is 20.6 Å². The van der Waals surface area contributed by atoms with E-state index in [2.05, 4.69) is 47.4 Å². The fourth-order valence-corrected chi connectivity index (χ4v) is 4.67. The topological polar surface area (TPSA) is 47.6 Å². The van der Waals surface area contributed by atoms with E-state index in [0.717, 1.165) is 38.2 Å². The SMILES string of the molecule is Cc1cc([C@H](C)NC(=O)Nc2ccc(N3CCCN(C)CC3)c(F)c2)c(C)s1. The van der Waals surface area contributed by atoms with Gasteiger partial charge in [-0.25, -0.2) is 9.18 Å². The van der Waals surface area contributed by atoms with Crippen molar-refractivity contribution in [2.24, 2.45) is 0 Å². The average molecular weight is 405 g/mol. The van der Waals surface area contributed by atoms with Gasteiger partial charge in [0.25, 0.3) is 0 Å². The van der Waals surface area contributed by atoms with Crippen molar-refractivity contribution >= 4 is 28.7 Å². The van der Waals surface area contributed by atoms with E-state index in [1.165, 1.54) is 15.8 Å². The Morgan fingerprint density at radius 1 is 1.18 bits per heavy atom. The lowest BCUT2D eigenvalue weighted by atomic mass is 10.1. The Balaban J connectivity index is 1.62. The van der Waals surface area contributed by atoms with Crippen LogP contribution in [-0.2, 0) is 0 Å². The van der Waals surface area contributed by atoms with Crippen LogP contribution in [0.1, 0.15) is 34.7 Å². The molecule has 0 saturated carbocycles. The number of anilines is 2. The zero-order chi connectivity index (χ0) is 20.3. The van der Waals surface area contributed by atoms with Gasteiger partial charge in [0.2, 0.25) is 0 Å². The molecular formula is C21H29FN4OS. The fraction of sp³-hybridized carbons (Fsp3) is 0.476. The lowest BCUT2D eigenvalue weighted by Crippen LogP contribution is -2.31. The van der Waals surface area contributed by atoms with Crippen molar-refractivity contribution in [2.75, 3.05) is 43.4 Å². The minimum Gasteiger partial charge on any atom is -0.368 e. The van der Waals surface area contributed by atoms with Crippen molar-refractivity contribution < 1.29 is 9.18 Å². The van der Waals surface area contributed by atoms with Gasteiger partial charge < -0.3 is 20.4 Å². The molecule has 28 heavy (non-hydrogen) atoms. The number of thiophene rings is 1. The van der Waals surface area contributed by atoms with Crippen LogP contribution in [0.2, 0.25) is 0 Å². The number of amides is 2. The molecule has 2 amide bonds. The molecule has 7 heteroatoms. The smallest absolute Gasteiger partial charge is 0.319 e. The largest absolute Gasteiger partial charge is 0.368 e. The molecule has 0 spiro atoms. The first kappa shape index (κ1) is 20.6. The van der Waals surface area contributed by atoms with Gasteiger partial charge >= 0.3 is 6.03 Å². The molecule has 1 fully saturated rings. The van der Waals surface area contributed by atoms with Crippen LogP contribution >= 0.6 is 11.3 Å². The molecule has 0 aliphatic carbocycles. The average Bonchev–Trinajstić information content (AvgIpc) is 2.82. The minimum atomic E-state index is -0.334. The molecule has 1 aliphatic rings. The Kier molecular flexibility index (Phi) is 6.57. The van der Waals surface area contributed by atoms with Crippen LogP contribution in [0.15, 0.2) is 24.3 Å². The van der Waals surface area contributed by atoms with Gasteiger partial charge in [-0.1, -0.05) is 0 Å². The molecule has 2 heterocycles. The number of hydrogen-bond donors (Lipinski definition) is 2. The number of rotatable bonds is 4. The first-order valence-electron chi connectivity index (χ1n) is 9.71. The number of nitrogens with zero attached hydrogens (tertiary/aromatic N) is 2. The summed E-state index contributed by atoms with van der Waals surface area (Å²) in [6.45, 7) is 9.65. The van der Waals surface area contributed by atoms with Gasteiger partial charge in [0, 0.05) is 35.1 Å². The Morgan fingerprint density at radius 2 is 1.96 bits per heavy atom. The summed E-state index contributed by atoms with van der Waals surface area (Å²) < 4.78 is 14.7. The third-order valence-corrected chi connectivity index (χ3v) is 6.14. The van der Waals surface area contributed by atoms with E-state index in [1.807, 2.05) is 6.92 Å². The number of aryl methyl sites for hydroxylation is 2. The van der Waals surface area contributed by atoms with E-state index >= 15 is 0 Å². The molecule has 2 N–H and O–H groups in total. The number of nitrogens with one attached hydrogen (secondary N) is 2. The molecule has 1 atom stereocenters. The third kappa shape index (κ3) is 5.02. The quantitative estimate of drug-likeness (QED) is 0.787. The molecule has 3 rings (SSSR count). The van der Waals surface area contributed by atoms with E-state index in [4.69, 9.17) is 0 Å². The standard InChI is InChI=1S/C21H29FN4OS/c1-14-12-18(16(3)28-14)15(2)23-21(27)24-17-6-7-20(19(22)13-17)26-9-5-8-25(4)10-11-26/h6-7,12-13,15H,5,8-11H2,1-4H3,(H2,23,24,27)/t15-/m0/s1. The van der Waals surface area contributed by atoms with Gasteiger partial charge in [0.1, 0.15) is 5.82 Å². The normalized spacial score (nSPS) is 16.5. The highest BCUT2D eigenvalue weighted by Crippen LogP contribution is 2.27. The van der Waals surface area contributed by atoms with E-state index in [9.17, 15) is 9.18 Å². The van der Waals surface area contributed by atoms with Crippen LogP contribution in [0.3, 0.4) is 0 Å². The molecular weight excluding hydrogens is 375 g/mol. The van der Waals surface area contributed by atoms with Gasteiger partial charge in [-0.3, -0.25) is 0 Å². The van der Waals surface area contributed by atoms with Crippen molar-refractivity contribution in [2.45, 2.75) is 33.2 Å². The zero-order valence-electron chi connectivity index (χ0n) is 17.0. The first-order valence-corrected chi connectivity index (χ1v) is 10.5. The molecule has 1 aromatic carbocycles. The second-order valence-electron chi connectivity index (χ2n) is 7.50. The number of carbonyl (C=O) groups is 1. The number of likely N-dealkylation sites (N-methyl/N-ethyl adjacent to an activating group) is 1. The van der Waals surface area contributed by atoms with Crippen molar-refractivity contribution in [3.05, 3.63) is 45.4 Å². The summed E-state index contributed by atoms with van der Waals surface area (Å²) in [7, 11) is 2.09. The molecule has 0 bridgehead atoms. The molecule has 0 radical (unpaired) electrons. The van der Waals surface area contributed by atoms with Crippen LogP contribution in [0.5, 0.6) is 0 Å². The van der Waals surface area contributed by atoms with Crippen LogP contribution < -0.4 is 15.5 Å². The maximum atomic E-state index is 14.7. The van der Waals surface area contributed by atoms with Crippen molar-refractivity contribution in [3.8, 4) is 0 Å². The summed E-state index contributed by atoms with van der Waals surface area (Å²) in [4.78, 5) is 19.1. The molecule has 1 aromatic heterocycles. The summed E-state index contributed by atoms with van der Waals surface area (Å²) in [5.74, 6) is -0.306. The predicted octanol–water partition coefficient (Wildman–Crippen LogP) is 4.53. The zero-order valence-corrected chi connectivity index (χ0v) is 17.8. The second kappa shape index (κ2) is 8.92. The van der Waals surface area contributed by atoms with E-state index < -0.39 is 0 Å². The van der Waals surface area contributed by atoms with Gasteiger partial charge in [-0.05, 0) is 70.6 Å². The minimum absolute atomic E-state index is 0.108. The van der Waals surface area contributed by atoms with Gasteiger partial charge in [0.05, 0.1) is 11.7 Å². The number of halogens is 1. The Bertz CT molecular complexity index is 838. The maximum absolute atomic E-state index is 14.7. The molecule has 152 valence electrons.